The maximum atomic E-state index is 11.0. The van der Waals surface area contributed by atoms with Gasteiger partial charge in [0.25, 0.3) is 0 Å². The van der Waals surface area contributed by atoms with Gasteiger partial charge in [0.05, 0.1) is 4.90 Å². The van der Waals surface area contributed by atoms with Crippen molar-refractivity contribution in [3.63, 3.8) is 0 Å². The van der Waals surface area contributed by atoms with E-state index in [1.165, 1.54) is 25.7 Å². The molecule has 1 aliphatic carbocycles. The number of carbonyl (C=O) groups is 1. The van der Waals surface area contributed by atoms with E-state index < -0.39 is 5.97 Å². The summed E-state index contributed by atoms with van der Waals surface area (Å²) in [5.74, 6) is 0.0822. The van der Waals surface area contributed by atoms with E-state index >= 15 is 0 Å². The zero-order valence-electron chi connectivity index (χ0n) is 9.82. The summed E-state index contributed by atoms with van der Waals surface area (Å²) in [5, 5.41) is 9.02. The number of carboxylic acids is 1. The van der Waals surface area contributed by atoms with Crippen molar-refractivity contribution < 1.29 is 9.90 Å². The Labute approximate surface area is 104 Å². The zero-order chi connectivity index (χ0) is 12.0. The Morgan fingerprint density at radius 3 is 2.88 bits per heavy atom. The fourth-order valence-electron chi connectivity index (χ4n) is 2.96. The van der Waals surface area contributed by atoms with Gasteiger partial charge in [-0.1, -0.05) is 12.8 Å². The van der Waals surface area contributed by atoms with Gasteiger partial charge < -0.3 is 15.0 Å². The minimum Gasteiger partial charge on any atom is -0.477 e. The Kier molecular flexibility index (Phi) is 2.40. The van der Waals surface area contributed by atoms with E-state index in [0.717, 1.165) is 17.3 Å². The summed E-state index contributed by atoms with van der Waals surface area (Å²) in [5.41, 5.74) is 0.296. The fraction of sp³-hybridized carbons (Fsp3) is 0.583. The number of fused-ring (bicyclic) bond motifs is 1. The highest BCUT2D eigenvalue weighted by molar-refractivity contribution is 8.01. The van der Waals surface area contributed by atoms with Crippen molar-refractivity contribution in [3.05, 3.63) is 11.8 Å². The Bertz CT molecular complexity index is 463. The van der Waals surface area contributed by atoms with Crippen molar-refractivity contribution in [1.29, 1.82) is 0 Å². The molecule has 0 atom stereocenters. The second-order valence-corrected chi connectivity index (χ2v) is 6.56. The lowest BCUT2D eigenvalue weighted by molar-refractivity contribution is 0.0691. The molecule has 0 aromatic carbocycles. The predicted molar refractivity (Wildman–Crippen MR) is 68.1 cm³/mol. The maximum Gasteiger partial charge on any atom is 0.352 e. The molecule has 0 amide bonds. The van der Waals surface area contributed by atoms with Crippen LogP contribution >= 0.6 is 11.8 Å². The second kappa shape index (κ2) is 3.70. The average Bonchev–Trinajstić information content (AvgIpc) is 2.85. The maximum absolute atomic E-state index is 11.0. The molecule has 1 aliphatic heterocycles. The summed E-state index contributed by atoms with van der Waals surface area (Å²) in [4.78, 5) is 17.2. The van der Waals surface area contributed by atoms with Gasteiger partial charge in [0.15, 0.2) is 0 Å². The molecule has 2 aliphatic rings. The summed E-state index contributed by atoms with van der Waals surface area (Å²) < 4.78 is 0.319. The van der Waals surface area contributed by atoms with Crippen LogP contribution in [-0.4, -0.2) is 34.4 Å². The Morgan fingerprint density at radius 1 is 1.53 bits per heavy atom. The molecule has 17 heavy (non-hydrogen) atoms. The van der Waals surface area contributed by atoms with Crippen LogP contribution in [0.5, 0.6) is 0 Å². The molecule has 1 spiro atoms. The summed E-state index contributed by atoms with van der Waals surface area (Å²) in [7, 11) is 2.04. The average molecular weight is 252 g/mol. The molecule has 4 nitrogen and oxygen atoms in total. The van der Waals surface area contributed by atoms with Crippen molar-refractivity contribution in [1.82, 2.24) is 4.98 Å². The molecule has 1 aromatic rings. The van der Waals surface area contributed by atoms with Crippen LogP contribution in [0.3, 0.4) is 0 Å². The molecule has 2 heterocycles. The molecule has 3 rings (SSSR count). The third-order valence-electron chi connectivity index (χ3n) is 3.74. The van der Waals surface area contributed by atoms with Crippen molar-refractivity contribution >= 4 is 23.5 Å². The first-order chi connectivity index (χ1) is 8.10. The minimum absolute atomic E-state index is 0.296. The zero-order valence-corrected chi connectivity index (χ0v) is 10.6. The second-order valence-electron chi connectivity index (χ2n) is 5.05. The van der Waals surface area contributed by atoms with E-state index in [0.29, 0.717) is 10.4 Å². The van der Waals surface area contributed by atoms with Crippen LogP contribution in [0.15, 0.2) is 11.0 Å². The molecule has 0 radical (unpaired) electrons. The predicted octanol–water partition coefficient (Wildman–Crippen LogP) is 2.57. The van der Waals surface area contributed by atoms with E-state index in [4.69, 9.17) is 5.11 Å². The van der Waals surface area contributed by atoms with Crippen LogP contribution in [0, 0.1) is 0 Å². The lowest BCUT2D eigenvalue weighted by Crippen LogP contribution is -2.40. The number of rotatable bonds is 1. The molecule has 0 unspecified atom stereocenters. The number of thioether (sulfide) groups is 1. The molecule has 5 heteroatoms. The monoisotopic (exact) mass is 252 g/mol. The number of anilines is 1. The normalized spacial score (nSPS) is 21.8. The van der Waals surface area contributed by atoms with E-state index in [1.807, 2.05) is 18.8 Å². The smallest absolute Gasteiger partial charge is 0.352 e. The quantitative estimate of drug-likeness (QED) is 0.806. The SMILES string of the molecule is CN1CC2(CCCC2)Sc2cc(C(=O)O)[nH]c21. The molecular weight excluding hydrogens is 236 g/mol. The Hall–Kier alpha value is -1.10. The number of nitrogens with zero attached hydrogens (tertiary/aromatic N) is 1. The first-order valence-electron chi connectivity index (χ1n) is 5.96. The summed E-state index contributed by atoms with van der Waals surface area (Å²) in [6.45, 7) is 1.02. The molecule has 0 saturated heterocycles. The first kappa shape index (κ1) is 11.0. The number of aromatic nitrogens is 1. The van der Waals surface area contributed by atoms with E-state index in [1.54, 1.807) is 6.07 Å². The number of carboxylic acid groups (broad SMARTS) is 1. The molecule has 1 saturated carbocycles. The molecule has 2 N–H and O–H groups in total. The van der Waals surface area contributed by atoms with Gasteiger partial charge in [-0.2, -0.15) is 0 Å². The topological polar surface area (TPSA) is 56.3 Å². The van der Waals surface area contributed by atoms with Gasteiger partial charge in [0.1, 0.15) is 11.5 Å². The van der Waals surface area contributed by atoms with Crippen LogP contribution in [0.1, 0.15) is 36.2 Å². The van der Waals surface area contributed by atoms with Crippen LogP contribution in [0.4, 0.5) is 5.82 Å². The number of H-pyrrole nitrogens is 1. The highest BCUT2D eigenvalue weighted by Crippen LogP contribution is 2.51. The molecular formula is C12H16N2O2S. The van der Waals surface area contributed by atoms with Gasteiger partial charge in [-0.15, -0.1) is 11.8 Å². The standard InChI is InChI=1S/C12H16N2O2S/c1-14-7-12(4-2-3-5-12)17-9-6-8(11(15)16)13-10(9)14/h6,13H,2-5,7H2,1H3,(H,15,16). The van der Waals surface area contributed by atoms with E-state index in [-0.39, 0.29) is 0 Å². The van der Waals surface area contributed by atoms with E-state index in [2.05, 4.69) is 9.88 Å². The lowest BCUT2D eigenvalue weighted by atomic mass is 10.1. The first-order valence-corrected chi connectivity index (χ1v) is 6.78. The molecule has 0 bridgehead atoms. The number of aromatic amines is 1. The van der Waals surface area contributed by atoms with Gasteiger partial charge in [0.2, 0.25) is 0 Å². The van der Waals surface area contributed by atoms with Gasteiger partial charge >= 0.3 is 5.97 Å². The van der Waals surface area contributed by atoms with Crippen molar-refractivity contribution in [2.45, 2.75) is 35.3 Å². The lowest BCUT2D eigenvalue weighted by Gasteiger charge is -2.38. The molecule has 92 valence electrons. The number of hydrogen-bond acceptors (Lipinski definition) is 3. The summed E-state index contributed by atoms with van der Waals surface area (Å²) in [6, 6.07) is 1.78. The Morgan fingerprint density at radius 2 is 2.24 bits per heavy atom. The van der Waals surface area contributed by atoms with Crippen molar-refractivity contribution in [2.24, 2.45) is 0 Å². The van der Waals surface area contributed by atoms with Crippen molar-refractivity contribution in [3.8, 4) is 0 Å². The van der Waals surface area contributed by atoms with E-state index in [9.17, 15) is 4.79 Å². The Balaban J connectivity index is 1.97. The molecule has 1 fully saturated rings. The minimum atomic E-state index is -0.881. The summed E-state index contributed by atoms with van der Waals surface area (Å²) >= 11 is 1.87. The van der Waals surface area contributed by atoms with Gasteiger partial charge in [0, 0.05) is 18.3 Å². The molecule has 1 aromatic heterocycles. The van der Waals surface area contributed by atoms with Crippen LogP contribution in [-0.2, 0) is 0 Å². The fourth-order valence-corrected chi connectivity index (χ4v) is 4.66. The number of hydrogen-bond donors (Lipinski definition) is 2. The van der Waals surface area contributed by atoms with Crippen LogP contribution < -0.4 is 4.90 Å². The van der Waals surface area contributed by atoms with Crippen molar-refractivity contribution in [2.75, 3.05) is 18.5 Å². The van der Waals surface area contributed by atoms with Crippen LogP contribution in [0.2, 0.25) is 0 Å². The highest BCUT2D eigenvalue weighted by atomic mass is 32.2. The number of aromatic carboxylic acids is 1. The van der Waals surface area contributed by atoms with Gasteiger partial charge in [-0.05, 0) is 18.9 Å². The summed E-state index contributed by atoms with van der Waals surface area (Å²) in [6.07, 6.45) is 5.09. The number of nitrogens with one attached hydrogen (secondary N) is 1. The van der Waals surface area contributed by atoms with Gasteiger partial charge in [-0.3, -0.25) is 0 Å². The van der Waals surface area contributed by atoms with Gasteiger partial charge in [-0.25, -0.2) is 4.79 Å². The highest BCUT2D eigenvalue weighted by Gasteiger charge is 2.41. The largest absolute Gasteiger partial charge is 0.477 e. The third-order valence-corrected chi connectivity index (χ3v) is 5.24. The third kappa shape index (κ3) is 1.73. The van der Waals surface area contributed by atoms with Crippen LogP contribution in [0.25, 0.3) is 0 Å².